The van der Waals surface area contributed by atoms with E-state index in [1.54, 1.807) is 0 Å². The highest BCUT2D eigenvalue weighted by atomic mass is 16.4. The van der Waals surface area contributed by atoms with Crippen LogP contribution in [0.25, 0.3) is 11.0 Å². The Balaban J connectivity index is 1.76. The van der Waals surface area contributed by atoms with E-state index in [9.17, 15) is 9.59 Å². The molecule has 142 valence electrons. The zero-order chi connectivity index (χ0) is 19.2. The van der Waals surface area contributed by atoms with Crippen molar-refractivity contribution in [3.63, 3.8) is 0 Å². The molecule has 0 spiro atoms. The molecule has 7 nitrogen and oxygen atoms in total. The molecule has 2 heterocycles. The number of nitrogens with zero attached hydrogens (tertiary/aromatic N) is 4. The Hall–Kier alpha value is -2.72. The Bertz CT molecular complexity index is 860. The lowest BCUT2D eigenvalue weighted by molar-refractivity contribution is -0.138. The fourth-order valence-electron chi connectivity index (χ4n) is 3.69. The molecule has 27 heavy (non-hydrogen) atoms. The van der Waals surface area contributed by atoms with Gasteiger partial charge < -0.3 is 9.67 Å². The van der Waals surface area contributed by atoms with Crippen molar-refractivity contribution in [2.45, 2.75) is 38.6 Å². The highest BCUT2D eigenvalue weighted by Gasteiger charge is 2.29. The van der Waals surface area contributed by atoms with Gasteiger partial charge in [0.2, 0.25) is 5.78 Å². The summed E-state index contributed by atoms with van der Waals surface area (Å²) in [6, 6.07) is 9.88. The summed E-state index contributed by atoms with van der Waals surface area (Å²) in [5, 5.41) is 17.6. The van der Waals surface area contributed by atoms with E-state index in [1.165, 1.54) is 0 Å². The van der Waals surface area contributed by atoms with E-state index >= 15 is 0 Å². The van der Waals surface area contributed by atoms with Crippen LogP contribution >= 0.6 is 0 Å². The number of unbranched alkanes of at least 4 members (excludes halogenated alkanes) is 2. The molecular weight excluding hydrogens is 344 g/mol. The maximum absolute atomic E-state index is 13.1. The van der Waals surface area contributed by atoms with E-state index in [0.717, 1.165) is 23.9 Å². The van der Waals surface area contributed by atoms with Crippen molar-refractivity contribution in [3.8, 4) is 6.07 Å². The number of carbonyl (C=O) groups is 2. The zero-order valence-electron chi connectivity index (χ0n) is 15.3. The van der Waals surface area contributed by atoms with Crippen LogP contribution < -0.4 is 0 Å². The van der Waals surface area contributed by atoms with Crippen LogP contribution in [0.2, 0.25) is 0 Å². The van der Waals surface area contributed by atoms with Crippen molar-refractivity contribution in [2.24, 2.45) is 5.92 Å². The number of piperidine rings is 1. The number of aromatic nitrogens is 2. The van der Waals surface area contributed by atoms with Crippen molar-refractivity contribution >= 4 is 22.8 Å². The predicted molar refractivity (Wildman–Crippen MR) is 100 cm³/mol. The summed E-state index contributed by atoms with van der Waals surface area (Å²) >= 11 is 0. The minimum absolute atomic E-state index is 0.0261. The Labute approximate surface area is 158 Å². The smallest absolute Gasteiger partial charge is 0.317 e. The summed E-state index contributed by atoms with van der Waals surface area (Å²) < 4.78 is 1.98. The Morgan fingerprint density at radius 2 is 1.96 bits per heavy atom. The second-order valence-electron chi connectivity index (χ2n) is 7.00. The average Bonchev–Trinajstić information content (AvgIpc) is 3.03. The third kappa shape index (κ3) is 4.52. The molecule has 1 aromatic heterocycles. The second kappa shape index (κ2) is 8.78. The van der Waals surface area contributed by atoms with Crippen LogP contribution in [0.4, 0.5) is 0 Å². The van der Waals surface area contributed by atoms with E-state index in [0.29, 0.717) is 44.7 Å². The van der Waals surface area contributed by atoms with Gasteiger partial charge in [-0.1, -0.05) is 12.1 Å². The monoisotopic (exact) mass is 368 g/mol. The third-order valence-electron chi connectivity index (χ3n) is 5.11. The van der Waals surface area contributed by atoms with Gasteiger partial charge in [-0.15, -0.1) is 0 Å². The maximum Gasteiger partial charge on any atom is 0.317 e. The molecule has 0 bridgehead atoms. The van der Waals surface area contributed by atoms with E-state index in [1.807, 2.05) is 33.7 Å². The largest absolute Gasteiger partial charge is 0.480 e. The zero-order valence-corrected chi connectivity index (χ0v) is 15.3. The number of carboxylic acids is 1. The first kappa shape index (κ1) is 19.1. The number of imidazole rings is 1. The number of rotatable bonds is 8. The molecular formula is C20H24N4O3. The van der Waals surface area contributed by atoms with Crippen LogP contribution in [0, 0.1) is 17.2 Å². The van der Waals surface area contributed by atoms with Gasteiger partial charge in [0.05, 0.1) is 23.6 Å². The Morgan fingerprint density at radius 1 is 1.22 bits per heavy atom. The lowest BCUT2D eigenvalue weighted by Crippen LogP contribution is -2.39. The van der Waals surface area contributed by atoms with Gasteiger partial charge >= 0.3 is 5.97 Å². The first-order chi connectivity index (χ1) is 13.1. The third-order valence-corrected chi connectivity index (χ3v) is 5.11. The molecule has 0 saturated carbocycles. The fraction of sp³-hybridized carbons (Fsp3) is 0.500. The van der Waals surface area contributed by atoms with Gasteiger partial charge in [-0.3, -0.25) is 14.5 Å². The van der Waals surface area contributed by atoms with Crippen LogP contribution in [0.1, 0.15) is 42.7 Å². The fourth-order valence-corrected chi connectivity index (χ4v) is 3.69. The Morgan fingerprint density at radius 3 is 2.67 bits per heavy atom. The first-order valence-electron chi connectivity index (χ1n) is 9.40. The first-order valence-corrected chi connectivity index (χ1v) is 9.40. The lowest BCUT2D eigenvalue weighted by Gasteiger charge is -2.29. The number of benzene rings is 1. The molecule has 1 aliphatic rings. The van der Waals surface area contributed by atoms with Gasteiger partial charge in [0, 0.05) is 18.9 Å². The van der Waals surface area contributed by atoms with Crippen molar-refractivity contribution in [1.82, 2.24) is 14.5 Å². The molecule has 1 aromatic carbocycles. The molecule has 0 radical (unpaired) electrons. The van der Waals surface area contributed by atoms with Crippen molar-refractivity contribution in [1.29, 1.82) is 5.26 Å². The van der Waals surface area contributed by atoms with E-state index in [4.69, 9.17) is 10.4 Å². The molecule has 0 amide bonds. The van der Waals surface area contributed by atoms with Crippen LogP contribution in [0.5, 0.6) is 0 Å². The molecule has 1 aliphatic heterocycles. The van der Waals surface area contributed by atoms with Crippen LogP contribution in [-0.2, 0) is 11.3 Å². The number of carboxylic acid groups (broad SMARTS) is 1. The molecule has 2 aromatic rings. The van der Waals surface area contributed by atoms with Crippen LogP contribution in [-0.4, -0.2) is 50.9 Å². The number of carbonyl (C=O) groups excluding carboxylic acids is 1. The van der Waals surface area contributed by atoms with Crippen molar-refractivity contribution in [3.05, 3.63) is 30.1 Å². The maximum atomic E-state index is 13.1. The number of nitriles is 1. The van der Waals surface area contributed by atoms with Crippen LogP contribution in [0.15, 0.2) is 24.3 Å². The highest BCUT2D eigenvalue weighted by molar-refractivity contribution is 5.98. The van der Waals surface area contributed by atoms with E-state index in [-0.39, 0.29) is 18.2 Å². The van der Waals surface area contributed by atoms with Gasteiger partial charge in [-0.25, -0.2) is 4.98 Å². The standard InChI is InChI=1S/C20H24N4O3/c21-10-4-1-5-11-24-17-7-3-2-6-16(17)22-20(24)19(27)15-8-12-23(13-9-15)14-18(25)26/h2-3,6-7,15H,1,4-5,8-9,11-14H2,(H,25,26). The summed E-state index contributed by atoms with van der Waals surface area (Å²) in [5.74, 6) is -0.421. The number of ketones is 1. The lowest BCUT2D eigenvalue weighted by atomic mass is 9.92. The molecule has 0 atom stereocenters. The minimum atomic E-state index is -0.834. The molecule has 1 N–H and O–H groups in total. The van der Waals surface area contributed by atoms with Gasteiger partial charge in [-0.2, -0.15) is 5.26 Å². The van der Waals surface area contributed by atoms with E-state index < -0.39 is 5.97 Å². The minimum Gasteiger partial charge on any atom is -0.480 e. The molecule has 1 fully saturated rings. The number of hydrogen-bond acceptors (Lipinski definition) is 5. The predicted octanol–water partition coefficient (Wildman–Crippen LogP) is 2.71. The summed E-state index contributed by atoms with van der Waals surface area (Å²) in [6.45, 7) is 1.93. The molecule has 1 saturated heterocycles. The summed E-state index contributed by atoms with van der Waals surface area (Å²) in [7, 11) is 0. The summed E-state index contributed by atoms with van der Waals surface area (Å²) in [5.41, 5.74) is 1.76. The number of aliphatic carboxylic acids is 1. The molecule has 0 aliphatic carbocycles. The normalized spacial score (nSPS) is 15.7. The number of fused-ring (bicyclic) bond motifs is 1. The van der Waals surface area contributed by atoms with Gasteiger partial charge in [0.25, 0.3) is 0 Å². The van der Waals surface area contributed by atoms with Gasteiger partial charge in [-0.05, 0) is 50.9 Å². The highest BCUT2D eigenvalue weighted by Crippen LogP contribution is 2.24. The molecule has 7 heteroatoms. The number of hydrogen-bond donors (Lipinski definition) is 1. The topological polar surface area (TPSA) is 99.2 Å². The quantitative estimate of drug-likeness (QED) is 0.568. The van der Waals surface area contributed by atoms with E-state index in [2.05, 4.69) is 11.1 Å². The summed E-state index contributed by atoms with van der Waals surface area (Å²) in [6.07, 6.45) is 3.45. The SMILES string of the molecule is N#CCCCCn1c(C(=O)C2CCN(CC(=O)O)CC2)nc2ccccc21. The Kier molecular flexibility index (Phi) is 6.20. The number of Topliss-reactive ketones (excluding diaryl/α,β-unsaturated/α-hetero) is 1. The van der Waals surface area contributed by atoms with Gasteiger partial charge in [0.1, 0.15) is 0 Å². The summed E-state index contributed by atoms with van der Waals surface area (Å²) in [4.78, 5) is 30.5. The number of para-hydroxylation sites is 2. The second-order valence-corrected chi connectivity index (χ2v) is 7.00. The van der Waals surface area contributed by atoms with Crippen molar-refractivity contribution in [2.75, 3.05) is 19.6 Å². The van der Waals surface area contributed by atoms with Crippen molar-refractivity contribution < 1.29 is 14.7 Å². The average molecular weight is 368 g/mol. The van der Waals surface area contributed by atoms with Gasteiger partial charge in [0.15, 0.2) is 5.82 Å². The number of aryl methyl sites for hydroxylation is 1. The number of likely N-dealkylation sites (tertiary alicyclic amines) is 1. The van der Waals surface area contributed by atoms with Crippen LogP contribution in [0.3, 0.4) is 0 Å². The molecule has 0 unspecified atom stereocenters. The molecule has 3 rings (SSSR count).